The largest absolute Gasteiger partial charge is 0.325 e. The fraction of sp³-hybridized carbons (Fsp3) is 0.0952. The Balaban J connectivity index is 1.36. The summed E-state index contributed by atoms with van der Waals surface area (Å²) in [4.78, 5) is 29.3. The number of thiazole rings is 1. The van der Waals surface area contributed by atoms with Gasteiger partial charge in [0.2, 0.25) is 5.91 Å². The van der Waals surface area contributed by atoms with Crippen molar-refractivity contribution in [3.63, 3.8) is 0 Å². The van der Waals surface area contributed by atoms with Crippen LogP contribution < -0.4 is 5.32 Å². The molecule has 4 rings (SSSR count). The summed E-state index contributed by atoms with van der Waals surface area (Å²) in [7, 11) is 0. The van der Waals surface area contributed by atoms with Gasteiger partial charge in [0.25, 0.3) is 0 Å². The maximum Gasteiger partial charge on any atom is 0.234 e. The number of nitrogens with zero attached hydrogens (tertiary/aromatic N) is 2. The fourth-order valence-corrected chi connectivity index (χ4v) is 4.19. The number of rotatable bonds is 6. The van der Waals surface area contributed by atoms with E-state index in [4.69, 9.17) is 0 Å². The second-order valence-corrected chi connectivity index (χ2v) is 8.22. The number of Topliss-reactive ketones (excluding diaryl/α,β-unsaturated/α-hetero) is 1. The first-order chi connectivity index (χ1) is 14.0. The lowest BCUT2D eigenvalue weighted by molar-refractivity contribution is -0.113. The lowest BCUT2D eigenvalue weighted by atomic mass is 10.1. The van der Waals surface area contributed by atoms with Crippen molar-refractivity contribution in [1.82, 2.24) is 9.38 Å². The molecule has 0 fully saturated rings. The molecule has 0 radical (unpaired) electrons. The van der Waals surface area contributed by atoms with Crippen molar-refractivity contribution in [2.45, 2.75) is 11.8 Å². The second kappa shape index (κ2) is 8.18. The summed E-state index contributed by atoms with van der Waals surface area (Å²) in [5, 5.41) is 4.78. The van der Waals surface area contributed by atoms with Crippen LogP contribution in [-0.2, 0) is 4.79 Å². The van der Waals surface area contributed by atoms with E-state index in [1.165, 1.54) is 19.1 Å². The minimum absolute atomic E-state index is 0.0649. The summed E-state index contributed by atoms with van der Waals surface area (Å²) >= 11 is 2.66. The number of thioether (sulfide) groups is 1. The fourth-order valence-electron chi connectivity index (χ4n) is 2.77. The van der Waals surface area contributed by atoms with Crippen LogP contribution in [0.15, 0.2) is 65.1 Å². The third kappa shape index (κ3) is 4.38. The second-order valence-electron chi connectivity index (χ2n) is 6.33. The molecule has 2 heterocycles. The highest BCUT2D eigenvalue weighted by atomic mass is 32.2. The maximum absolute atomic E-state index is 14.0. The first kappa shape index (κ1) is 19.4. The molecule has 0 aliphatic heterocycles. The van der Waals surface area contributed by atoms with Crippen LogP contribution in [0, 0.1) is 5.82 Å². The molecule has 5 nitrogen and oxygen atoms in total. The Labute approximate surface area is 174 Å². The van der Waals surface area contributed by atoms with Crippen LogP contribution in [0.25, 0.3) is 16.2 Å². The molecule has 0 aliphatic rings. The van der Waals surface area contributed by atoms with Gasteiger partial charge < -0.3 is 5.32 Å². The van der Waals surface area contributed by atoms with Gasteiger partial charge in [-0.2, -0.15) is 0 Å². The lowest BCUT2D eigenvalue weighted by Crippen LogP contribution is -2.14. The SMILES string of the molecule is CC(=O)c1ccc(SCC(=O)Nc2ccc(-c3cn4ccsc4n3)cc2)c(F)c1. The molecule has 0 aliphatic carbocycles. The first-order valence-corrected chi connectivity index (χ1v) is 10.6. The van der Waals surface area contributed by atoms with Crippen molar-refractivity contribution < 1.29 is 14.0 Å². The standard InChI is InChI=1S/C21H16FN3O2S2/c1-13(26)15-4-7-19(17(22)10-15)29-12-20(27)23-16-5-2-14(3-6-16)18-11-25-8-9-28-21(25)24-18/h2-11H,12H2,1H3,(H,23,27). The number of hydrogen-bond donors (Lipinski definition) is 1. The zero-order valence-electron chi connectivity index (χ0n) is 15.4. The van der Waals surface area contributed by atoms with E-state index in [0.29, 0.717) is 16.1 Å². The van der Waals surface area contributed by atoms with Crippen molar-refractivity contribution in [2.24, 2.45) is 0 Å². The number of carbonyl (C=O) groups excluding carboxylic acids is 2. The van der Waals surface area contributed by atoms with Gasteiger partial charge in [0, 0.05) is 39.5 Å². The van der Waals surface area contributed by atoms with E-state index in [1.807, 2.05) is 46.4 Å². The van der Waals surface area contributed by atoms with E-state index >= 15 is 0 Å². The summed E-state index contributed by atoms with van der Waals surface area (Å²) in [5.41, 5.74) is 2.80. The summed E-state index contributed by atoms with van der Waals surface area (Å²) in [6.45, 7) is 1.38. The molecule has 2 aromatic heterocycles. The molecule has 4 aromatic rings. The number of hydrogen-bond acceptors (Lipinski definition) is 5. The van der Waals surface area contributed by atoms with Gasteiger partial charge in [-0.3, -0.25) is 14.0 Å². The molecule has 29 heavy (non-hydrogen) atoms. The number of fused-ring (bicyclic) bond motifs is 1. The summed E-state index contributed by atoms with van der Waals surface area (Å²) in [5.74, 6) is -0.868. The van der Waals surface area contributed by atoms with E-state index in [2.05, 4.69) is 10.3 Å². The zero-order chi connectivity index (χ0) is 20.4. The molecule has 0 unspecified atom stereocenters. The van der Waals surface area contributed by atoms with Gasteiger partial charge in [-0.25, -0.2) is 9.37 Å². The van der Waals surface area contributed by atoms with E-state index in [1.54, 1.807) is 17.4 Å². The molecule has 8 heteroatoms. The predicted octanol–water partition coefficient (Wildman–Crippen LogP) is 5.14. The topological polar surface area (TPSA) is 63.5 Å². The minimum atomic E-state index is -0.500. The third-order valence-electron chi connectivity index (χ3n) is 4.25. The molecular formula is C21H16FN3O2S2. The molecule has 1 N–H and O–H groups in total. The number of anilines is 1. The molecule has 0 spiro atoms. The van der Waals surface area contributed by atoms with Gasteiger partial charge in [0.05, 0.1) is 11.4 Å². The molecule has 0 bridgehead atoms. The zero-order valence-corrected chi connectivity index (χ0v) is 17.0. The predicted molar refractivity (Wildman–Crippen MR) is 114 cm³/mol. The van der Waals surface area contributed by atoms with Gasteiger partial charge >= 0.3 is 0 Å². The maximum atomic E-state index is 14.0. The highest BCUT2D eigenvalue weighted by molar-refractivity contribution is 8.00. The highest BCUT2D eigenvalue weighted by Crippen LogP contribution is 2.25. The van der Waals surface area contributed by atoms with Gasteiger partial charge in [0.1, 0.15) is 5.82 Å². The monoisotopic (exact) mass is 425 g/mol. The number of nitrogens with one attached hydrogen (secondary N) is 1. The number of amides is 1. The molecule has 0 saturated heterocycles. The quantitative estimate of drug-likeness (QED) is 0.343. The summed E-state index contributed by atoms with van der Waals surface area (Å²) < 4.78 is 16.0. The molecule has 2 aromatic carbocycles. The Morgan fingerprint density at radius 3 is 2.69 bits per heavy atom. The Bertz CT molecular complexity index is 1170. The van der Waals surface area contributed by atoms with Gasteiger partial charge in [0.15, 0.2) is 10.7 Å². The van der Waals surface area contributed by atoms with Crippen molar-refractivity contribution in [2.75, 3.05) is 11.1 Å². The number of benzene rings is 2. The minimum Gasteiger partial charge on any atom is -0.325 e. The van der Waals surface area contributed by atoms with Gasteiger partial charge in [-0.1, -0.05) is 18.2 Å². The van der Waals surface area contributed by atoms with Crippen LogP contribution in [-0.4, -0.2) is 26.8 Å². The number of halogens is 1. The Kier molecular flexibility index (Phi) is 5.46. The Morgan fingerprint density at radius 1 is 1.21 bits per heavy atom. The number of aromatic nitrogens is 2. The first-order valence-electron chi connectivity index (χ1n) is 8.75. The Morgan fingerprint density at radius 2 is 2.00 bits per heavy atom. The van der Waals surface area contributed by atoms with Crippen molar-refractivity contribution in [3.8, 4) is 11.3 Å². The van der Waals surface area contributed by atoms with Crippen LogP contribution >= 0.6 is 23.1 Å². The van der Waals surface area contributed by atoms with Crippen LogP contribution in [0.2, 0.25) is 0 Å². The average Bonchev–Trinajstić information content (AvgIpc) is 3.30. The van der Waals surface area contributed by atoms with Crippen LogP contribution in [0.3, 0.4) is 0 Å². The van der Waals surface area contributed by atoms with Gasteiger partial charge in [-0.15, -0.1) is 23.1 Å². The average molecular weight is 426 g/mol. The molecule has 1 amide bonds. The van der Waals surface area contributed by atoms with Crippen molar-refractivity contribution in [1.29, 1.82) is 0 Å². The summed E-state index contributed by atoms with van der Waals surface area (Å²) in [6, 6.07) is 11.7. The number of imidazole rings is 1. The normalized spacial score (nSPS) is 11.0. The third-order valence-corrected chi connectivity index (χ3v) is 6.07. The van der Waals surface area contributed by atoms with E-state index in [-0.39, 0.29) is 17.4 Å². The van der Waals surface area contributed by atoms with E-state index < -0.39 is 5.82 Å². The summed E-state index contributed by atoms with van der Waals surface area (Å²) in [6.07, 6.45) is 3.92. The highest BCUT2D eigenvalue weighted by Gasteiger charge is 2.10. The van der Waals surface area contributed by atoms with Crippen LogP contribution in [0.4, 0.5) is 10.1 Å². The van der Waals surface area contributed by atoms with Crippen LogP contribution in [0.1, 0.15) is 17.3 Å². The lowest BCUT2D eigenvalue weighted by Gasteiger charge is -2.07. The smallest absolute Gasteiger partial charge is 0.234 e. The Hall–Kier alpha value is -2.97. The van der Waals surface area contributed by atoms with Crippen molar-refractivity contribution >= 4 is 45.4 Å². The van der Waals surface area contributed by atoms with Crippen molar-refractivity contribution in [3.05, 3.63) is 71.6 Å². The number of carbonyl (C=O) groups is 2. The molecule has 146 valence electrons. The van der Waals surface area contributed by atoms with E-state index in [9.17, 15) is 14.0 Å². The molecule has 0 atom stereocenters. The molecule has 0 saturated carbocycles. The van der Waals surface area contributed by atoms with E-state index in [0.717, 1.165) is 28.0 Å². The van der Waals surface area contributed by atoms with Gasteiger partial charge in [-0.05, 0) is 31.2 Å². The number of ketones is 1. The van der Waals surface area contributed by atoms with Crippen LogP contribution in [0.5, 0.6) is 0 Å². The molecular weight excluding hydrogens is 409 g/mol.